The standard InChI is InChI=1S/C13H18BrN5O/c1-13(2,3)19-17-12(16-18-19)7-15-11-5-4-10(14)6-9(11)8-20/h4-6,15,20H,7-8H2,1-3H3. The van der Waals surface area contributed by atoms with Gasteiger partial charge in [0.05, 0.1) is 18.7 Å². The number of aliphatic hydroxyl groups excluding tert-OH is 1. The lowest BCUT2D eigenvalue weighted by Crippen LogP contribution is -2.24. The third-order valence-electron chi connectivity index (χ3n) is 2.73. The normalized spacial score (nSPS) is 11.7. The van der Waals surface area contributed by atoms with Gasteiger partial charge in [-0.25, -0.2) is 0 Å². The molecule has 7 heteroatoms. The number of benzene rings is 1. The number of tetrazole rings is 1. The number of aliphatic hydroxyl groups is 1. The van der Waals surface area contributed by atoms with Gasteiger partial charge in [0.25, 0.3) is 0 Å². The highest BCUT2D eigenvalue weighted by molar-refractivity contribution is 9.10. The number of nitrogens with one attached hydrogen (secondary N) is 1. The predicted molar refractivity (Wildman–Crippen MR) is 80.2 cm³/mol. The predicted octanol–water partition coefficient (Wildman–Crippen LogP) is 2.30. The van der Waals surface area contributed by atoms with Crippen LogP contribution >= 0.6 is 15.9 Å². The van der Waals surface area contributed by atoms with Gasteiger partial charge in [0.15, 0.2) is 5.82 Å². The molecule has 0 aliphatic carbocycles. The van der Waals surface area contributed by atoms with Crippen molar-refractivity contribution in [2.75, 3.05) is 5.32 Å². The van der Waals surface area contributed by atoms with Gasteiger partial charge in [-0.15, -0.1) is 10.2 Å². The molecular weight excluding hydrogens is 322 g/mol. The molecule has 108 valence electrons. The van der Waals surface area contributed by atoms with Gasteiger partial charge in [-0.3, -0.25) is 0 Å². The maximum Gasteiger partial charge on any atom is 0.193 e. The molecular formula is C13H18BrN5O. The molecule has 0 fully saturated rings. The van der Waals surface area contributed by atoms with E-state index in [0.717, 1.165) is 15.7 Å². The van der Waals surface area contributed by atoms with Crippen molar-refractivity contribution in [3.8, 4) is 0 Å². The minimum atomic E-state index is -0.181. The second-order valence-corrected chi connectivity index (χ2v) is 6.39. The first kappa shape index (κ1) is 14.9. The van der Waals surface area contributed by atoms with Gasteiger partial charge in [-0.05, 0) is 44.2 Å². The molecule has 1 aromatic carbocycles. The summed E-state index contributed by atoms with van der Waals surface area (Å²) in [7, 11) is 0. The van der Waals surface area contributed by atoms with E-state index in [1.165, 1.54) is 0 Å². The second-order valence-electron chi connectivity index (χ2n) is 5.48. The lowest BCUT2D eigenvalue weighted by Gasteiger charge is -2.15. The monoisotopic (exact) mass is 339 g/mol. The van der Waals surface area contributed by atoms with Crippen LogP contribution in [0.15, 0.2) is 22.7 Å². The van der Waals surface area contributed by atoms with Gasteiger partial charge in [0.1, 0.15) is 0 Å². The number of nitrogens with zero attached hydrogens (tertiary/aromatic N) is 4. The van der Waals surface area contributed by atoms with Crippen LogP contribution in [-0.2, 0) is 18.7 Å². The van der Waals surface area contributed by atoms with E-state index in [9.17, 15) is 5.11 Å². The maximum atomic E-state index is 9.34. The van der Waals surface area contributed by atoms with Crippen LogP contribution in [0.3, 0.4) is 0 Å². The van der Waals surface area contributed by atoms with Gasteiger partial charge < -0.3 is 10.4 Å². The van der Waals surface area contributed by atoms with Crippen LogP contribution in [0.2, 0.25) is 0 Å². The van der Waals surface area contributed by atoms with E-state index >= 15 is 0 Å². The van der Waals surface area contributed by atoms with Crippen LogP contribution in [0, 0.1) is 0 Å². The number of anilines is 1. The summed E-state index contributed by atoms with van der Waals surface area (Å²) in [4.78, 5) is 1.60. The third-order valence-corrected chi connectivity index (χ3v) is 3.22. The average Bonchev–Trinajstić information content (AvgIpc) is 2.86. The topological polar surface area (TPSA) is 75.9 Å². The average molecular weight is 340 g/mol. The van der Waals surface area contributed by atoms with Crippen LogP contribution in [0.1, 0.15) is 32.2 Å². The van der Waals surface area contributed by atoms with Crippen LogP contribution in [0.5, 0.6) is 0 Å². The van der Waals surface area contributed by atoms with Crippen molar-refractivity contribution in [3.05, 3.63) is 34.1 Å². The van der Waals surface area contributed by atoms with Crippen LogP contribution < -0.4 is 5.32 Å². The molecule has 0 bridgehead atoms. The highest BCUT2D eigenvalue weighted by Gasteiger charge is 2.16. The summed E-state index contributed by atoms with van der Waals surface area (Å²) in [6.07, 6.45) is 0. The van der Waals surface area contributed by atoms with Gasteiger partial charge >= 0.3 is 0 Å². The number of halogens is 1. The summed E-state index contributed by atoms with van der Waals surface area (Å²) in [6, 6.07) is 5.70. The van der Waals surface area contributed by atoms with E-state index in [0.29, 0.717) is 12.4 Å². The zero-order chi connectivity index (χ0) is 14.8. The third kappa shape index (κ3) is 3.55. The van der Waals surface area contributed by atoms with Crippen molar-refractivity contribution >= 4 is 21.6 Å². The van der Waals surface area contributed by atoms with Gasteiger partial charge in [-0.2, -0.15) is 4.80 Å². The van der Waals surface area contributed by atoms with Gasteiger partial charge in [0.2, 0.25) is 0 Å². The minimum Gasteiger partial charge on any atom is -0.392 e. The van der Waals surface area contributed by atoms with E-state index in [1.54, 1.807) is 4.80 Å². The van der Waals surface area contributed by atoms with Gasteiger partial charge in [-0.1, -0.05) is 15.9 Å². The fourth-order valence-electron chi connectivity index (χ4n) is 1.64. The molecule has 1 aromatic heterocycles. The number of hydrogen-bond acceptors (Lipinski definition) is 5. The maximum absolute atomic E-state index is 9.34. The Bertz CT molecular complexity index is 591. The molecule has 0 aliphatic heterocycles. The summed E-state index contributed by atoms with van der Waals surface area (Å²) in [6.45, 7) is 6.49. The molecule has 2 rings (SSSR count). The molecule has 0 atom stereocenters. The Balaban J connectivity index is 2.07. The Morgan fingerprint density at radius 1 is 1.35 bits per heavy atom. The first-order chi connectivity index (χ1) is 9.40. The largest absolute Gasteiger partial charge is 0.392 e. The smallest absolute Gasteiger partial charge is 0.193 e. The van der Waals surface area contributed by atoms with Crippen molar-refractivity contribution in [1.29, 1.82) is 0 Å². The van der Waals surface area contributed by atoms with E-state index in [1.807, 2.05) is 39.0 Å². The van der Waals surface area contributed by atoms with Crippen molar-refractivity contribution < 1.29 is 5.11 Å². The molecule has 0 amide bonds. The van der Waals surface area contributed by atoms with Gasteiger partial charge in [0, 0.05) is 15.7 Å². The second kappa shape index (κ2) is 5.88. The summed E-state index contributed by atoms with van der Waals surface area (Å²) in [5.74, 6) is 0.617. The van der Waals surface area contributed by atoms with Crippen molar-refractivity contribution in [2.45, 2.75) is 39.5 Å². The fraction of sp³-hybridized carbons (Fsp3) is 0.462. The molecule has 2 N–H and O–H groups in total. The molecule has 0 radical (unpaired) electrons. The molecule has 2 aromatic rings. The molecule has 20 heavy (non-hydrogen) atoms. The molecule has 0 spiro atoms. The Labute approximate surface area is 126 Å². The van der Waals surface area contributed by atoms with Crippen molar-refractivity contribution in [2.24, 2.45) is 0 Å². The summed E-state index contributed by atoms with van der Waals surface area (Å²) in [5.41, 5.74) is 1.50. The molecule has 6 nitrogen and oxygen atoms in total. The number of hydrogen-bond donors (Lipinski definition) is 2. The van der Waals surface area contributed by atoms with Crippen LogP contribution in [0.4, 0.5) is 5.69 Å². The highest BCUT2D eigenvalue weighted by Crippen LogP contribution is 2.21. The van der Waals surface area contributed by atoms with E-state index in [-0.39, 0.29) is 12.1 Å². The lowest BCUT2D eigenvalue weighted by molar-refractivity contribution is 0.282. The van der Waals surface area contributed by atoms with E-state index in [2.05, 4.69) is 36.7 Å². The Kier molecular flexibility index (Phi) is 4.39. The minimum absolute atomic E-state index is 0.0239. The quantitative estimate of drug-likeness (QED) is 0.893. The van der Waals surface area contributed by atoms with Crippen LogP contribution in [0.25, 0.3) is 0 Å². The van der Waals surface area contributed by atoms with E-state index in [4.69, 9.17) is 0 Å². The number of rotatable bonds is 4. The molecule has 1 heterocycles. The highest BCUT2D eigenvalue weighted by atomic mass is 79.9. The fourth-order valence-corrected chi connectivity index (χ4v) is 2.05. The zero-order valence-electron chi connectivity index (χ0n) is 11.8. The van der Waals surface area contributed by atoms with Crippen molar-refractivity contribution in [3.63, 3.8) is 0 Å². The lowest BCUT2D eigenvalue weighted by atomic mass is 10.1. The SMILES string of the molecule is CC(C)(C)n1nnc(CNc2ccc(Br)cc2CO)n1. The Morgan fingerprint density at radius 2 is 2.10 bits per heavy atom. The zero-order valence-corrected chi connectivity index (χ0v) is 13.3. The van der Waals surface area contributed by atoms with Crippen molar-refractivity contribution in [1.82, 2.24) is 20.2 Å². The molecule has 0 unspecified atom stereocenters. The summed E-state index contributed by atoms with van der Waals surface area (Å²) < 4.78 is 0.934. The summed E-state index contributed by atoms with van der Waals surface area (Å²) >= 11 is 3.38. The Hall–Kier alpha value is -1.47. The first-order valence-corrected chi connectivity index (χ1v) is 7.12. The molecule has 0 saturated carbocycles. The number of aromatic nitrogens is 4. The Morgan fingerprint density at radius 3 is 2.70 bits per heavy atom. The summed E-state index contributed by atoms with van der Waals surface area (Å²) in [5, 5.41) is 24.9. The first-order valence-electron chi connectivity index (χ1n) is 6.32. The molecule has 0 saturated heterocycles. The van der Waals surface area contributed by atoms with Crippen LogP contribution in [-0.4, -0.2) is 25.3 Å². The van der Waals surface area contributed by atoms with E-state index < -0.39 is 0 Å². The molecule has 0 aliphatic rings.